The van der Waals surface area contributed by atoms with Gasteiger partial charge in [-0.15, -0.1) is 0 Å². The van der Waals surface area contributed by atoms with E-state index in [0.29, 0.717) is 11.3 Å². The van der Waals surface area contributed by atoms with Gasteiger partial charge in [0.2, 0.25) is 5.91 Å². The molecule has 0 fully saturated rings. The first-order valence-corrected chi connectivity index (χ1v) is 6.89. The molecule has 1 atom stereocenters. The van der Waals surface area contributed by atoms with E-state index in [0.717, 1.165) is 5.56 Å². The van der Waals surface area contributed by atoms with E-state index >= 15 is 0 Å². The predicted octanol–water partition coefficient (Wildman–Crippen LogP) is 2.89. The van der Waals surface area contributed by atoms with Gasteiger partial charge in [0.25, 0.3) is 5.91 Å². The topological polar surface area (TPSA) is 58.2 Å². The van der Waals surface area contributed by atoms with Crippen molar-refractivity contribution < 1.29 is 14.0 Å². The molecule has 0 heterocycles. The zero-order valence-electron chi connectivity index (χ0n) is 12.4. The molecule has 4 nitrogen and oxygen atoms in total. The van der Waals surface area contributed by atoms with Crippen molar-refractivity contribution >= 4 is 17.5 Å². The van der Waals surface area contributed by atoms with E-state index in [1.54, 1.807) is 19.1 Å². The molecule has 0 spiro atoms. The lowest BCUT2D eigenvalue weighted by Crippen LogP contribution is -2.41. The number of hydrogen-bond acceptors (Lipinski definition) is 2. The summed E-state index contributed by atoms with van der Waals surface area (Å²) >= 11 is 0. The van der Waals surface area contributed by atoms with E-state index in [4.69, 9.17) is 0 Å². The predicted molar refractivity (Wildman–Crippen MR) is 83.1 cm³/mol. The number of halogens is 1. The third kappa shape index (κ3) is 4.15. The Morgan fingerprint density at radius 3 is 2.18 bits per heavy atom. The van der Waals surface area contributed by atoms with Gasteiger partial charge in [-0.05, 0) is 50.2 Å². The number of rotatable bonds is 4. The number of benzene rings is 2. The van der Waals surface area contributed by atoms with Crippen LogP contribution in [-0.2, 0) is 4.79 Å². The van der Waals surface area contributed by atoms with Crippen molar-refractivity contribution in [2.24, 2.45) is 0 Å². The van der Waals surface area contributed by atoms with Gasteiger partial charge in [0.05, 0.1) is 0 Å². The third-order valence-electron chi connectivity index (χ3n) is 3.17. The summed E-state index contributed by atoms with van der Waals surface area (Å²) in [5.74, 6) is -1.16. The van der Waals surface area contributed by atoms with Gasteiger partial charge >= 0.3 is 0 Å². The average molecular weight is 300 g/mol. The Labute approximate surface area is 128 Å². The van der Waals surface area contributed by atoms with Crippen LogP contribution in [0.15, 0.2) is 48.5 Å². The van der Waals surface area contributed by atoms with Gasteiger partial charge in [-0.3, -0.25) is 9.59 Å². The van der Waals surface area contributed by atoms with Crippen LogP contribution in [0.1, 0.15) is 22.8 Å². The first kappa shape index (κ1) is 15.7. The number of hydrogen-bond donors (Lipinski definition) is 2. The normalized spacial score (nSPS) is 11.6. The lowest BCUT2D eigenvalue weighted by Gasteiger charge is -2.14. The molecule has 0 aliphatic carbocycles. The summed E-state index contributed by atoms with van der Waals surface area (Å²) in [4.78, 5) is 24.0. The molecule has 0 unspecified atom stereocenters. The van der Waals surface area contributed by atoms with Crippen molar-refractivity contribution in [2.45, 2.75) is 19.9 Å². The Morgan fingerprint density at radius 2 is 1.59 bits per heavy atom. The van der Waals surface area contributed by atoms with Crippen LogP contribution in [0.5, 0.6) is 0 Å². The Bertz CT molecular complexity index is 666. The van der Waals surface area contributed by atoms with Crippen LogP contribution in [0.2, 0.25) is 0 Å². The van der Waals surface area contributed by atoms with E-state index in [-0.39, 0.29) is 5.91 Å². The first-order chi connectivity index (χ1) is 10.5. The van der Waals surface area contributed by atoms with Crippen LogP contribution in [0.25, 0.3) is 0 Å². The molecule has 2 aromatic rings. The van der Waals surface area contributed by atoms with Crippen LogP contribution in [0, 0.1) is 12.7 Å². The molecular weight excluding hydrogens is 283 g/mol. The van der Waals surface area contributed by atoms with Gasteiger partial charge in [-0.1, -0.05) is 17.7 Å². The highest BCUT2D eigenvalue weighted by atomic mass is 19.1. The molecule has 2 amide bonds. The smallest absolute Gasteiger partial charge is 0.251 e. The van der Waals surface area contributed by atoms with Crippen molar-refractivity contribution in [2.75, 3.05) is 5.32 Å². The van der Waals surface area contributed by atoms with Crippen molar-refractivity contribution in [3.05, 3.63) is 65.5 Å². The number of aryl methyl sites for hydroxylation is 1. The molecule has 0 aromatic heterocycles. The number of amides is 2. The summed E-state index contributed by atoms with van der Waals surface area (Å²) in [6, 6.07) is 11.8. The molecular formula is C17H17FN2O2. The van der Waals surface area contributed by atoms with Gasteiger partial charge < -0.3 is 10.6 Å². The van der Waals surface area contributed by atoms with Gasteiger partial charge in [-0.2, -0.15) is 0 Å². The van der Waals surface area contributed by atoms with Crippen LogP contribution in [0.3, 0.4) is 0 Å². The second-order valence-electron chi connectivity index (χ2n) is 5.06. The van der Waals surface area contributed by atoms with Gasteiger partial charge in [0.1, 0.15) is 11.9 Å². The molecule has 0 bridgehead atoms. The largest absolute Gasteiger partial charge is 0.341 e. The van der Waals surface area contributed by atoms with Crippen LogP contribution >= 0.6 is 0 Å². The van der Waals surface area contributed by atoms with Crippen LogP contribution < -0.4 is 10.6 Å². The summed E-state index contributed by atoms with van der Waals surface area (Å²) in [5.41, 5.74) is 2.06. The number of anilines is 1. The minimum absolute atomic E-state index is 0.302. The van der Waals surface area contributed by atoms with E-state index in [9.17, 15) is 14.0 Å². The minimum Gasteiger partial charge on any atom is -0.341 e. The molecule has 2 aromatic carbocycles. The highest BCUT2D eigenvalue weighted by Crippen LogP contribution is 2.09. The number of nitrogens with one attached hydrogen (secondary N) is 2. The molecule has 22 heavy (non-hydrogen) atoms. The summed E-state index contributed by atoms with van der Waals surface area (Å²) in [6.07, 6.45) is 0. The maximum atomic E-state index is 12.8. The van der Waals surface area contributed by atoms with E-state index in [1.807, 2.05) is 19.1 Å². The van der Waals surface area contributed by atoms with E-state index in [1.165, 1.54) is 24.3 Å². The molecule has 2 N–H and O–H groups in total. The second-order valence-corrected chi connectivity index (χ2v) is 5.06. The monoisotopic (exact) mass is 300 g/mol. The molecule has 2 rings (SSSR count). The molecule has 0 radical (unpaired) electrons. The number of carbonyl (C=O) groups is 2. The SMILES string of the molecule is Cc1ccc(NC(=O)[C@@H](C)NC(=O)c2ccc(F)cc2)cc1. The fourth-order valence-electron chi connectivity index (χ4n) is 1.83. The summed E-state index contributed by atoms with van der Waals surface area (Å²) in [5, 5.41) is 5.29. The molecule has 0 saturated carbocycles. The fourth-order valence-corrected chi connectivity index (χ4v) is 1.83. The highest BCUT2D eigenvalue weighted by Gasteiger charge is 2.16. The molecule has 0 saturated heterocycles. The van der Waals surface area contributed by atoms with Crippen molar-refractivity contribution in [3.8, 4) is 0 Å². The van der Waals surface area contributed by atoms with Gasteiger partial charge in [0, 0.05) is 11.3 Å². The molecule has 0 aliphatic heterocycles. The molecule has 5 heteroatoms. The van der Waals surface area contributed by atoms with E-state index in [2.05, 4.69) is 10.6 Å². The quantitative estimate of drug-likeness (QED) is 0.912. The maximum Gasteiger partial charge on any atom is 0.251 e. The Balaban J connectivity index is 1.94. The standard InChI is InChI=1S/C17H17FN2O2/c1-11-3-9-15(10-4-11)20-16(21)12(2)19-17(22)13-5-7-14(18)8-6-13/h3-10,12H,1-2H3,(H,19,22)(H,20,21)/t12-/m1/s1. The lowest BCUT2D eigenvalue weighted by atomic mass is 10.2. The zero-order valence-corrected chi connectivity index (χ0v) is 12.4. The van der Waals surface area contributed by atoms with Crippen LogP contribution in [-0.4, -0.2) is 17.9 Å². The lowest BCUT2D eigenvalue weighted by molar-refractivity contribution is -0.117. The summed E-state index contributed by atoms with van der Waals surface area (Å²) in [7, 11) is 0. The molecule has 0 aliphatic rings. The maximum absolute atomic E-state index is 12.8. The first-order valence-electron chi connectivity index (χ1n) is 6.89. The van der Waals surface area contributed by atoms with Crippen molar-refractivity contribution in [3.63, 3.8) is 0 Å². The highest BCUT2D eigenvalue weighted by molar-refractivity contribution is 6.00. The Kier molecular flexibility index (Phi) is 4.88. The van der Waals surface area contributed by atoms with Crippen molar-refractivity contribution in [1.82, 2.24) is 5.32 Å². The Hall–Kier alpha value is -2.69. The minimum atomic E-state index is -0.709. The third-order valence-corrected chi connectivity index (χ3v) is 3.17. The van der Waals surface area contributed by atoms with Gasteiger partial charge in [-0.25, -0.2) is 4.39 Å². The summed E-state index contributed by atoms with van der Waals surface area (Å²) < 4.78 is 12.8. The van der Waals surface area contributed by atoms with Crippen molar-refractivity contribution in [1.29, 1.82) is 0 Å². The second kappa shape index (κ2) is 6.85. The Morgan fingerprint density at radius 1 is 1.00 bits per heavy atom. The van der Waals surface area contributed by atoms with Gasteiger partial charge in [0.15, 0.2) is 0 Å². The average Bonchev–Trinajstić information content (AvgIpc) is 2.50. The molecule has 114 valence electrons. The van der Waals surface area contributed by atoms with Crippen LogP contribution in [0.4, 0.5) is 10.1 Å². The number of carbonyl (C=O) groups excluding carboxylic acids is 2. The van der Waals surface area contributed by atoms with E-state index < -0.39 is 17.8 Å². The summed E-state index contributed by atoms with van der Waals surface area (Å²) in [6.45, 7) is 3.54. The zero-order chi connectivity index (χ0) is 16.1. The fraction of sp³-hybridized carbons (Fsp3) is 0.176.